The third-order valence-corrected chi connectivity index (χ3v) is 1.43. The number of esters is 1. The van der Waals surface area contributed by atoms with Gasteiger partial charge in [0.05, 0.1) is 0 Å². The number of carbonyl (C=O) groups excluding carboxylic acids is 1. The van der Waals surface area contributed by atoms with Crippen LogP contribution in [-0.4, -0.2) is 18.6 Å². The molecule has 0 aromatic heterocycles. The van der Waals surface area contributed by atoms with E-state index in [0.717, 1.165) is 6.42 Å². The Labute approximate surface area is 73.6 Å². The van der Waals surface area contributed by atoms with E-state index in [-0.39, 0.29) is 18.6 Å². The molecule has 3 heteroatoms. The van der Waals surface area contributed by atoms with Crippen LogP contribution in [0.3, 0.4) is 0 Å². The number of hydrogen-bond acceptors (Lipinski definition) is 2. The van der Waals surface area contributed by atoms with Gasteiger partial charge in [0.15, 0.2) is 6.04 Å². The van der Waals surface area contributed by atoms with Gasteiger partial charge >= 0.3 is 5.97 Å². The van der Waals surface area contributed by atoms with E-state index in [1.807, 2.05) is 0 Å². The van der Waals surface area contributed by atoms with Crippen LogP contribution in [0.1, 0.15) is 20.3 Å². The molecule has 0 unspecified atom stereocenters. The number of ether oxygens (including phenoxy) is 1. The van der Waals surface area contributed by atoms with Crippen LogP contribution in [0.2, 0.25) is 0 Å². The maximum absolute atomic E-state index is 11.1. The Bertz CT molecular complexity index is 155. The van der Waals surface area contributed by atoms with Crippen molar-refractivity contribution < 1.29 is 15.3 Å². The zero-order valence-electron chi connectivity index (χ0n) is 7.88. The van der Waals surface area contributed by atoms with Gasteiger partial charge in [0.25, 0.3) is 0 Å². The van der Waals surface area contributed by atoms with E-state index in [1.165, 1.54) is 0 Å². The molecular weight excluding hydrogens is 154 g/mol. The van der Waals surface area contributed by atoms with Crippen molar-refractivity contribution in [3.05, 3.63) is 12.7 Å². The van der Waals surface area contributed by atoms with E-state index >= 15 is 0 Å². The Hall–Kier alpha value is -0.830. The van der Waals surface area contributed by atoms with E-state index < -0.39 is 0 Å². The van der Waals surface area contributed by atoms with Crippen molar-refractivity contribution in [1.29, 1.82) is 0 Å². The molecule has 3 nitrogen and oxygen atoms in total. The molecule has 0 fully saturated rings. The number of rotatable bonds is 5. The molecule has 0 saturated carbocycles. The van der Waals surface area contributed by atoms with Crippen LogP contribution in [0, 0.1) is 5.92 Å². The van der Waals surface area contributed by atoms with Gasteiger partial charge in [0.2, 0.25) is 0 Å². The predicted molar refractivity (Wildman–Crippen MR) is 47.3 cm³/mol. The molecule has 0 aliphatic rings. The largest absolute Gasteiger partial charge is 0.457 e. The van der Waals surface area contributed by atoms with Crippen LogP contribution >= 0.6 is 0 Å². The molecule has 0 aromatic carbocycles. The SMILES string of the molecule is C=CCOC(=O)[C@@H]([NH3+])CC(C)C. The van der Waals surface area contributed by atoms with E-state index in [1.54, 1.807) is 6.08 Å². The fourth-order valence-electron chi connectivity index (χ4n) is 0.924. The number of hydrogen-bond donors (Lipinski definition) is 1. The van der Waals surface area contributed by atoms with Crippen LogP contribution in [0.4, 0.5) is 0 Å². The Balaban J connectivity index is 3.68. The Morgan fingerprint density at radius 2 is 2.25 bits per heavy atom. The number of carbonyl (C=O) groups is 1. The molecule has 0 aliphatic heterocycles. The summed E-state index contributed by atoms with van der Waals surface area (Å²) in [5.41, 5.74) is 3.72. The summed E-state index contributed by atoms with van der Waals surface area (Å²) in [6.07, 6.45) is 2.33. The number of quaternary nitrogens is 1. The third kappa shape index (κ3) is 4.91. The van der Waals surface area contributed by atoms with Crippen molar-refractivity contribution in [3.8, 4) is 0 Å². The highest BCUT2D eigenvalue weighted by Gasteiger charge is 2.19. The molecule has 3 N–H and O–H groups in total. The van der Waals surface area contributed by atoms with Crippen molar-refractivity contribution in [2.24, 2.45) is 5.92 Å². The normalized spacial score (nSPS) is 12.7. The van der Waals surface area contributed by atoms with Crippen LogP contribution in [-0.2, 0) is 9.53 Å². The third-order valence-electron chi connectivity index (χ3n) is 1.43. The summed E-state index contributed by atoms with van der Waals surface area (Å²) in [6, 6.07) is -0.245. The minimum Gasteiger partial charge on any atom is -0.457 e. The first kappa shape index (κ1) is 11.2. The maximum atomic E-state index is 11.1. The van der Waals surface area contributed by atoms with Gasteiger partial charge < -0.3 is 10.5 Å². The highest BCUT2D eigenvalue weighted by atomic mass is 16.5. The summed E-state index contributed by atoms with van der Waals surface area (Å²) in [4.78, 5) is 11.1. The van der Waals surface area contributed by atoms with Gasteiger partial charge in [-0.15, -0.1) is 0 Å². The molecule has 0 radical (unpaired) electrons. The average Bonchev–Trinajstić information content (AvgIpc) is 1.98. The first-order valence-electron chi connectivity index (χ1n) is 4.18. The Morgan fingerprint density at radius 1 is 1.67 bits per heavy atom. The van der Waals surface area contributed by atoms with Gasteiger partial charge in [-0.3, -0.25) is 0 Å². The minimum atomic E-state index is -0.245. The van der Waals surface area contributed by atoms with Crippen LogP contribution in [0.25, 0.3) is 0 Å². The molecule has 0 amide bonds. The van der Waals surface area contributed by atoms with Gasteiger partial charge in [-0.25, -0.2) is 4.79 Å². The molecule has 70 valence electrons. The standard InChI is InChI=1S/C9H17NO2/c1-4-5-12-9(11)8(10)6-7(2)3/h4,7-8H,1,5-6,10H2,2-3H3/p+1/t8-/m0/s1. The topological polar surface area (TPSA) is 53.9 Å². The smallest absolute Gasteiger partial charge is 0.365 e. The first-order valence-corrected chi connectivity index (χ1v) is 4.18. The summed E-state index contributed by atoms with van der Waals surface area (Å²) >= 11 is 0. The molecule has 12 heavy (non-hydrogen) atoms. The lowest BCUT2D eigenvalue weighted by atomic mass is 10.1. The second kappa shape index (κ2) is 5.77. The second-order valence-corrected chi connectivity index (χ2v) is 3.25. The van der Waals surface area contributed by atoms with Crippen molar-refractivity contribution >= 4 is 5.97 Å². The van der Waals surface area contributed by atoms with Crippen LogP contribution < -0.4 is 5.73 Å². The minimum absolute atomic E-state index is 0.233. The Kier molecular flexibility index (Phi) is 5.37. The quantitative estimate of drug-likeness (QED) is 0.481. The van der Waals surface area contributed by atoms with E-state index in [4.69, 9.17) is 4.74 Å². The molecule has 0 aromatic rings. The Morgan fingerprint density at radius 3 is 2.67 bits per heavy atom. The fraction of sp³-hybridized carbons (Fsp3) is 0.667. The molecule has 0 saturated heterocycles. The molecule has 0 rings (SSSR count). The van der Waals surface area contributed by atoms with Crippen molar-refractivity contribution in [2.75, 3.05) is 6.61 Å². The second-order valence-electron chi connectivity index (χ2n) is 3.25. The zero-order valence-corrected chi connectivity index (χ0v) is 7.88. The van der Waals surface area contributed by atoms with Gasteiger partial charge in [0, 0.05) is 6.42 Å². The van der Waals surface area contributed by atoms with Gasteiger partial charge in [0.1, 0.15) is 6.61 Å². The van der Waals surface area contributed by atoms with E-state index in [2.05, 4.69) is 26.2 Å². The molecule has 0 aliphatic carbocycles. The predicted octanol–water partition coefficient (Wildman–Crippen LogP) is 0.372. The van der Waals surface area contributed by atoms with Crippen LogP contribution in [0.5, 0.6) is 0 Å². The molecular formula is C9H18NO2+. The summed E-state index contributed by atoms with van der Waals surface area (Å²) in [5.74, 6) is 0.243. The molecule has 1 atom stereocenters. The lowest BCUT2D eigenvalue weighted by Crippen LogP contribution is -2.65. The van der Waals surface area contributed by atoms with E-state index in [0.29, 0.717) is 5.92 Å². The molecule has 0 heterocycles. The monoisotopic (exact) mass is 172 g/mol. The highest BCUT2D eigenvalue weighted by Crippen LogP contribution is 2.02. The van der Waals surface area contributed by atoms with Crippen molar-refractivity contribution in [3.63, 3.8) is 0 Å². The van der Waals surface area contributed by atoms with E-state index in [9.17, 15) is 4.79 Å². The first-order chi connectivity index (χ1) is 5.57. The summed E-state index contributed by atoms with van der Waals surface area (Å²) in [6.45, 7) is 7.85. The summed E-state index contributed by atoms with van der Waals surface area (Å²) in [7, 11) is 0. The van der Waals surface area contributed by atoms with Crippen LogP contribution in [0.15, 0.2) is 12.7 Å². The maximum Gasteiger partial charge on any atom is 0.365 e. The van der Waals surface area contributed by atoms with Gasteiger partial charge in [-0.1, -0.05) is 26.5 Å². The van der Waals surface area contributed by atoms with Crippen molar-refractivity contribution in [1.82, 2.24) is 0 Å². The molecule has 0 spiro atoms. The average molecular weight is 172 g/mol. The fourth-order valence-corrected chi connectivity index (χ4v) is 0.924. The zero-order chi connectivity index (χ0) is 9.56. The highest BCUT2D eigenvalue weighted by molar-refractivity contribution is 5.73. The molecule has 0 bridgehead atoms. The lowest BCUT2D eigenvalue weighted by Gasteiger charge is -2.09. The summed E-state index contributed by atoms with van der Waals surface area (Å²) in [5, 5.41) is 0. The van der Waals surface area contributed by atoms with Crippen molar-refractivity contribution in [2.45, 2.75) is 26.3 Å². The lowest BCUT2D eigenvalue weighted by molar-refractivity contribution is -0.411. The summed E-state index contributed by atoms with van der Waals surface area (Å²) < 4.78 is 4.83. The van der Waals surface area contributed by atoms with Gasteiger partial charge in [-0.05, 0) is 5.92 Å². The van der Waals surface area contributed by atoms with Gasteiger partial charge in [-0.2, -0.15) is 0 Å².